The first-order chi connectivity index (χ1) is 9.99. The number of hydrogen-bond donors (Lipinski definition) is 1. The van der Waals surface area contributed by atoms with Gasteiger partial charge in [0, 0.05) is 5.69 Å². The summed E-state index contributed by atoms with van der Waals surface area (Å²) in [6.07, 6.45) is 2.24. The van der Waals surface area contributed by atoms with Crippen LogP contribution in [0.1, 0.15) is 42.6 Å². The van der Waals surface area contributed by atoms with Crippen molar-refractivity contribution in [1.82, 2.24) is 0 Å². The number of carbonyl (C=O) groups excluding carboxylic acids is 2. The van der Waals surface area contributed by atoms with Crippen LogP contribution in [0.15, 0.2) is 18.2 Å². The molecule has 0 aliphatic rings. The van der Waals surface area contributed by atoms with Gasteiger partial charge in [-0.25, -0.2) is 4.79 Å². The molecule has 1 aromatic rings. The van der Waals surface area contributed by atoms with E-state index < -0.39 is 5.97 Å². The van der Waals surface area contributed by atoms with Crippen LogP contribution >= 0.6 is 11.8 Å². The Morgan fingerprint density at radius 1 is 1.38 bits per heavy atom. The van der Waals surface area contributed by atoms with Crippen LogP contribution in [-0.2, 0) is 9.53 Å². The molecule has 116 valence electrons. The van der Waals surface area contributed by atoms with E-state index in [9.17, 15) is 9.59 Å². The van der Waals surface area contributed by atoms with Crippen LogP contribution in [0.25, 0.3) is 0 Å². The highest BCUT2D eigenvalue weighted by molar-refractivity contribution is 8.00. The number of anilines is 1. The first-order valence-corrected chi connectivity index (χ1v) is 8.15. The first-order valence-electron chi connectivity index (χ1n) is 7.11. The summed E-state index contributed by atoms with van der Waals surface area (Å²) in [5.74, 6) is 0.531. The Kier molecular flexibility index (Phi) is 7.29. The fraction of sp³-hybridized carbons (Fsp3) is 0.500. The summed E-state index contributed by atoms with van der Waals surface area (Å²) < 4.78 is 4.69. The van der Waals surface area contributed by atoms with E-state index in [2.05, 4.69) is 12.2 Å². The molecule has 0 aromatic heterocycles. The molecule has 1 rings (SSSR count). The largest absolute Gasteiger partial charge is 0.465 e. The van der Waals surface area contributed by atoms with Gasteiger partial charge in [0.25, 0.3) is 0 Å². The molecule has 0 bridgehead atoms. The molecule has 0 radical (unpaired) electrons. The number of amides is 1. The van der Waals surface area contributed by atoms with E-state index in [1.165, 1.54) is 7.11 Å². The van der Waals surface area contributed by atoms with E-state index in [0.717, 1.165) is 24.2 Å². The number of unbranched alkanes of at least 4 members (excludes halogenated alkanes) is 1. The molecule has 5 heteroatoms. The zero-order chi connectivity index (χ0) is 15.8. The third-order valence-electron chi connectivity index (χ3n) is 3.15. The van der Waals surface area contributed by atoms with Crippen LogP contribution in [0.4, 0.5) is 5.69 Å². The van der Waals surface area contributed by atoms with E-state index in [1.54, 1.807) is 30.0 Å². The molecule has 1 aromatic carbocycles. The molecule has 4 nitrogen and oxygen atoms in total. The number of rotatable bonds is 7. The molecule has 0 saturated heterocycles. The molecule has 21 heavy (non-hydrogen) atoms. The van der Waals surface area contributed by atoms with Crippen LogP contribution in [0.2, 0.25) is 0 Å². The highest BCUT2D eigenvalue weighted by atomic mass is 32.2. The number of aryl methyl sites for hydroxylation is 1. The molecule has 0 spiro atoms. The molecular weight excluding hydrogens is 286 g/mol. The highest BCUT2D eigenvalue weighted by Gasteiger charge is 2.15. The summed E-state index contributed by atoms with van der Waals surface area (Å²) in [4.78, 5) is 23.7. The maximum absolute atomic E-state index is 12.2. The number of ether oxygens (including phenoxy) is 1. The number of thioether (sulfide) groups is 1. The molecule has 1 N–H and O–H groups in total. The lowest BCUT2D eigenvalue weighted by Gasteiger charge is -2.14. The van der Waals surface area contributed by atoms with Crippen LogP contribution < -0.4 is 5.32 Å². The molecule has 0 heterocycles. The smallest absolute Gasteiger partial charge is 0.337 e. The standard InChI is InChI=1S/C16H23NO3S/c1-5-6-9-21-12(3)15(18)17-14-10-13(16(19)20-4)8-7-11(14)2/h7-8,10,12H,5-6,9H2,1-4H3,(H,17,18). The van der Waals surface area contributed by atoms with Gasteiger partial charge in [-0.3, -0.25) is 4.79 Å². The Balaban J connectivity index is 2.72. The molecule has 0 fully saturated rings. The van der Waals surface area contributed by atoms with Crippen molar-refractivity contribution in [3.05, 3.63) is 29.3 Å². The second kappa shape index (κ2) is 8.72. The highest BCUT2D eigenvalue weighted by Crippen LogP contribution is 2.20. The predicted octanol–water partition coefficient (Wildman–Crippen LogP) is 3.64. The molecule has 0 aliphatic carbocycles. The topological polar surface area (TPSA) is 55.4 Å². The van der Waals surface area contributed by atoms with Gasteiger partial charge in [0.1, 0.15) is 0 Å². The number of esters is 1. The minimum atomic E-state index is -0.407. The lowest BCUT2D eigenvalue weighted by Crippen LogP contribution is -2.23. The van der Waals surface area contributed by atoms with Crippen LogP contribution in [0, 0.1) is 6.92 Å². The Morgan fingerprint density at radius 3 is 2.71 bits per heavy atom. The molecule has 1 unspecified atom stereocenters. The van der Waals surface area contributed by atoms with Crippen molar-refractivity contribution in [2.75, 3.05) is 18.2 Å². The van der Waals surface area contributed by atoms with E-state index in [0.29, 0.717) is 11.3 Å². The quantitative estimate of drug-likeness (QED) is 0.617. The number of benzene rings is 1. The molecular formula is C16H23NO3S. The Hall–Kier alpha value is -1.49. The van der Waals surface area contributed by atoms with Crippen molar-refractivity contribution >= 4 is 29.3 Å². The van der Waals surface area contributed by atoms with Gasteiger partial charge in [-0.1, -0.05) is 19.4 Å². The summed E-state index contributed by atoms with van der Waals surface area (Å²) in [5, 5.41) is 2.78. The van der Waals surface area contributed by atoms with E-state index in [4.69, 9.17) is 4.74 Å². The third-order valence-corrected chi connectivity index (χ3v) is 4.39. The summed E-state index contributed by atoms with van der Waals surface area (Å²) in [6.45, 7) is 5.92. The van der Waals surface area contributed by atoms with Crippen LogP contribution in [0.3, 0.4) is 0 Å². The predicted molar refractivity (Wildman–Crippen MR) is 88.0 cm³/mol. The number of carbonyl (C=O) groups is 2. The van der Waals surface area contributed by atoms with Gasteiger partial charge in [0.05, 0.1) is 17.9 Å². The minimum Gasteiger partial charge on any atom is -0.465 e. The maximum atomic E-state index is 12.2. The lowest BCUT2D eigenvalue weighted by molar-refractivity contribution is -0.115. The van der Waals surface area contributed by atoms with Crippen LogP contribution in [0.5, 0.6) is 0 Å². The Bertz CT molecular complexity index is 502. The molecule has 0 aliphatic heterocycles. The van der Waals surface area contributed by atoms with Gasteiger partial charge >= 0.3 is 5.97 Å². The SMILES string of the molecule is CCCCSC(C)C(=O)Nc1cc(C(=O)OC)ccc1C. The van der Waals surface area contributed by atoms with Gasteiger partial charge in [-0.2, -0.15) is 0 Å². The zero-order valence-corrected chi connectivity index (χ0v) is 13.9. The summed E-state index contributed by atoms with van der Waals surface area (Å²) >= 11 is 1.65. The van der Waals surface area contributed by atoms with Gasteiger partial charge in [0.15, 0.2) is 0 Å². The van der Waals surface area contributed by atoms with E-state index in [-0.39, 0.29) is 11.2 Å². The number of hydrogen-bond acceptors (Lipinski definition) is 4. The van der Waals surface area contributed by atoms with Crippen molar-refractivity contribution in [3.63, 3.8) is 0 Å². The van der Waals surface area contributed by atoms with E-state index >= 15 is 0 Å². The Morgan fingerprint density at radius 2 is 2.10 bits per heavy atom. The fourth-order valence-corrected chi connectivity index (χ4v) is 2.74. The summed E-state index contributed by atoms with van der Waals surface area (Å²) in [5.41, 5.74) is 2.01. The van der Waals surface area contributed by atoms with Crippen molar-refractivity contribution in [3.8, 4) is 0 Å². The second-order valence-electron chi connectivity index (χ2n) is 4.88. The van der Waals surface area contributed by atoms with Crippen molar-refractivity contribution in [2.24, 2.45) is 0 Å². The van der Waals surface area contributed by atoms with Gasteiger partial charge in [0.2, 0.25) is 5.91 Å². The first kappa shape index (κ1) is 17.6. The van der Waals surface area contributed by atoms with Gasteiger partial charge in [-0.15, -0.1) is 11.8 Å². The fourth-order valence-electron chi connectivity index (χ4n) is 1.72. The monoisotopic (exact) mass is 309 g/mol. The second-order valence-corrected chi connectivity index (χ2v) is 6.33. The normalized spacial score (nSPS) is 11.8. The summed E-state index contributed by atoms with van der Waals surface area (Å²) in [6, 6.07) is 5.15. The van der Waals surface area contributed by atoms with E-state index in [1.807, 2.05) is 13.8 Å². The molecule has 1 amide bonds. The van der Waals surface area contributed by atoms with Crippen molar-refractivity contribution in [2.45, 2.75) is 38.9 Å². The third kappa shape index (κ3) is 5.42. The summed E-state index contributed by atoms with van der Waals surface area (Å²) in [7, 11) is 1.34. The molecule has 1 atom stereocenters. The zero-order valence-electron chi connectivity index (χ0n) is 13.1. The van der Waals surface area contributed by atoms with Crippen molar-refractivity contribution < 1.29 is 14.3 Å². The number of nitrogens with one attached hydrogen (secondary N) is 1. The van der Waals surface area contributed by atoms with Crippen molar-refractivity contribution in [1.29, 1.82) is 0 Å². The lowest BCUT2D eigenvalue weighted by atomic mass is 10.1. The Labute approximate surface area is 130 Å². The van der Waals surface area contributed by atoms with Gasteiger partial charge in [-0.05, 0) is 43.7 Å². The van der Waals surface area contributed by atoms with Gasteiger partial charge < -0.3 is 10.1 Å². The maximum Gasteiger partial charge on any atom is 0.337 e. The van der Waals surface area contributed by atoms with Crippen LogP contribution in [-0.4, -0.2) is 30.0 Å². The average molecular weight is 309 g/mol. The average Bonchev–Trinajstić information content (AvgIpc) is 2.48. The molecule has 0 saturated carbocycles. The number of methoxy groups -OCH3 is 1. The minimum absolute atomic E-state index is 0.0405.